The first-order valence-electron chi connectivity index (χ1n) is 8.35. The normalized spacial score (nSPS) is 11.7. The number of nitrogens with zero attached hydrogens (tertiary/aromatic N) is 3. The first kappa shape index (κ1) is 17.0. The molecule has 0 fully saturated rings. The summed E-state index contributed by atoms with van der Waals surface area (Å²) in [5, 5.41) is 6.47. The minimum Gasteiger partial charge on any atom is -0.356 e. The summed E-state index contributed by atoms with van der Waals surface area (Å²) in [6, 6.07) is 14.7. The topological polar surface area (TPSA) is 54.2 Å². The van der Waals surface area contributed by atoms with Gasteiger partial charge in [-0.3, -0.25) is 4.99 Å². The van der Waals surface area contributed by atoms with Gasteiger partial charge in [0.1, 0.15) is 5.82 Å². The second kappa shape index (κ2) is 8.28. The summed E-state index contributed by atoms with van der Waals surface area (Å²) in [7, 11) is 1.73. The molecule has 1 heterocycles. The Balaban J connectivity index is 1.44. The zero-order valence-electron chi connectivity index (χ0n) is 14.2. The summed E-state index contributed by atoms with van der Waals surface area (Å²) in [6.07, 6.45) is 2.82. The first-order chi connectivity index (χ1) is 12.3. The van der Waals surface area contributed by atoms with Crippen molar-refractivity contribution in [3.63, 3.8) is 0 Å². The molecule has 6 heteroatoms. The van der Waals surface area contributed by atoms with E-state index in [0.29, 0.717) is 12.5 Å². The molecule has 0 spiro atoms. The zero-order chi connectivity index (χ0) is 17.5. The lowest BCUT2D eigenvalue weighted by Gasteiger charge is -2.12. The Hall–Kier alpha value is -2.89. The number of hydrogen-bond donors (Lipinski definition) is 2. The molecule has 0 saturated heterocycles. The number of aliphatic imine (C=N–C) groups is 1. The van der Waals surface area contributed by atoms with E-state index in [4.69, 9.17) is 0 Å². The van der Waals surface area contributed by atoms with Crippen molar-refractivity contribution in [2.75, 3.05) is 13.6 Å². The number of benzene rings is 2. The third-order valence-electron chi connectivity index (χ3n) is 3.97. The molecule has 2 aromatic carbocycles. The Bertz CT molecular complexity index is 856. The standard InChI is InChI=1S/C19H22FN5/c1-21-19(23-13-15-6-4-7-16(20)12-15)22-10-5-11-25-14-24-17-8-2-3-9-18(17)25/h2-4,6-9,12,14H,5,10-11,13H2,1H3,(H2,21,22,23). The number of aromatic nitrogens is 2. The lowest BCUT2D eigenvalue weighted by Crippen LogP contribution is -2.37. The van der Waals surface area contributed by atoms with E-state index >= 15 is 0 Å². The van der Waals surface area contributed by atoms with Crippen LogP contribution in [0.1, 0.15) is 12.0 Å². The Morgan fingerprint density at radius 2 is 2.04 bits per heavy atom. The highest BCUT2D eigenvalue weighted by molar-refractivity contribution is 5.79. The average molecular weight is 339 g/mol. The molecule has 130 valence electrons. The van der Waals surface area contributed by atoms with Crippen LogP contribution >= 0.6 is 0 Å². The van der Waals surface area contributed by atoms with Crippen LogP contribution in [0.15, 0.2) is 59.9 Å². The van der Waals surface area contributed by atoms with E-state index in [-0.39, 0.29) is 5.82 Å². The summed E-state index contributed by atoms with van der Waals surface area (Å²) in [4.78, 5) is 8.59. The van der Waals surface area contributed by atoms with Crippen LogP contribution in [0.4, 0.5) is 4.39 Å². The Morgan fingerprint density at radius 3 is 2.88 bits per heavy atom. The maximum atomic E-state index is 13.2. The number of hydrogen-bond acceptors (Lipinski definition) is 2. The molecule has 0 aliphatic rings. The van der Waals surface area contributed by atoms with Gasteiger partial charge in [0.2, 0.25) is 0 Å². The van der Waals surface area contributed by atoms with Crippen LogP contribution in [-0.2, 0) is 13.1 Å². The molecule has 0 unspecified atom stereocenters. The van der Waals surface area contributed by atoms with Crippen LogP contribution in [0.25, 0.3) is 11.0 Å². The van der Waals surface area contributed by atoms with E-state index in [1.165, 1.54) is 12.1 Å². The third-order valence-corrected chi connectivity index (χ3v) is 3.97. The van der Waals surface area contributed by atoms with Gasteiger partial charge >= 0.3 is 0 Å². The number of guanidine groups is 1. The van der Waals surface area contributed by atoms with Gasteiger partial charge in [-0.05, 0) is 36.2 Å². The second-order valence-electron chi connectivity index (χ2n) is 5.76. The number of fused-ring (bicyclic) bond motifs is 1. The lowest BCUT2D eigenvalue weighted by molar-refractivity contribution is 0.623. The molecule has 2 N–H and O–H groups in total. The van der Waals surface area contributed by atoms with Gasteiger partial charge in [-0.2, -0.15) is 0 Å². The molecule has 5 nitrogen and oxygen atoms in total. The van der Waals surface area contributed by atoms with Crippen molar-refractivity contribution in [2.45, 2.75) is 19.5 Å². The molecular formula is C19H22FN5. The molecule has 0 bridgehead atoms. The van der Waals surface area contributed by atoms with Crippen LogP contribution < -0.4 is 10.6 Å². The summed E-state index contributed by atoms with van der Waals surface area (Å²) < 4.78 is 15.3. The van der Waals surface area contributed by atoms with Crippen molar-refractivity contribution in [3.05, 3.63) is 66.2 Å². The van der Waals surface area contributed by atoms with Gasteiger partial charge in [0.25, 0.3) is 0 Å². The van der Waals surface area contributed by atoms with Crippen molar-refractivity contribution in [1.82, 2.24) is 20.2 Å². The van der Waals surface area contributed by atoms with Crippen molar-refractivity contribution < 1.29 is 4.39 Å². The first-order valence-corrected chi connectivity index (χ1v) is 8.35. The number of para-hydroxylation sites is 2. The molecule has 3 rings (SSSR count). The van der Waals surface area contributed by atoms with Crippen LogP contribution in [0.3, 0.4) is 0 Å². The fraction of sp³-hybridized carbons (Fsp3) is 0.263. The molecule has 0 amide bonds. The number of imidazole rings is 1. The minimum absolute atomic E-state index is 0.227. The quantitative estimate of drug-likeness (QED) is 0.412. The monoisotopic (exact) mass is 339 g/mol. The molecular weight excluding hydrogens is 317 g/mol. The maximum absolute atomic E-state index is 13.2. The highest BCUT2D eigenvalue weighted by Gasteiger charge is 2.02. The Kier molecular flexibility index (Phi) is 5.61. The van der Waals surface area contributed by atoms with Gasteiger partial charge in [-0.1, -0.05) is 24.3 Å². The number of rotatable bonds is 6. The zero-order valence-corrected chi connectivity index (χ0v) is 14.2. The van der Waals surface area contributed by atoms with Gasteiger partial charge < -0.3 is 15.2 Å². The van der Waals surface area contributed by atoms with Gasteiger partial charge in [0.05, 0.1) is 17.4 Å². The average Bonchev–Trinajstić information content (AvgIpc) is 3.04. The third kappa shape index (κ3) is 4.56. The Morgan fingerprint density at radius 1 is 1.16 bits per heavy atom. The smallest absolute Gasteiger partial charge is 0.191 e. The summed E-state index contributed by atoms with van der Waals surface area (Å²) in [5.41, 5.74) is 3.05. The molecule has 0 radical (unpaired) electrons. The maximum Gasteiger partial charge on any atom is 0.191 e. The van der Waals surface area contributed by atoms with Crippen molar-refractivity contribution >= 4 is 17.0 Å². The van der Waals surface area contributed by atoms with E-state index in [0.717, 1.165) is 36.1 Å². The Labute approximate surface area is 146 Å². The van der Waals surface area contributed by atoms with Gasteiger partial charge in [-0.15, -0.1) is 0 Å². The number of halogens is 1. The molecule has 1 aromatic heterocycles. The lowest BCUT2D eigenvalue weighted by atomic mass is 10.2. The summed E-state index contributed by atoms with van der Waals surface area (Å²) in [6.45, 7) is 2.20. The van der Waals surface area contributed by atoms with Crippen molar-refractivity contribution in [1.29, 1.82) is 0 Å². The predicted octanol–water partition coefficient (Wildman–Crippen LogP) is 2.93. The molecule has 0 aliphatic heterocycles. The van der Waals surface area contributed by atoms with Crippen LogP contribution in [0.2, 0.25) is 0 Å². The van der Waals surface area contributed by atoms with E-state index in [2.05, 4.69) is 31.2 Å². The fourth-order valence-electron chi connectivity index (χ4n) is 2.70. The second-order valence-corrected chi connectivity index (χ2v) is 5.76. The van der Waals surface area contributed by atoms with Gasteiger partial charge in [-0.25, -0.2) is 9.37 Å². The molecule has 0 aliphatic carbocycles. The van der Waals surface area contributed by atoms with Gasteiger partial charge in [0, 0.05) is 26.7 Å². The molecule has 25 heavy (non-hydrogen) atoms. The predicted molar refractivity (Wildman–Crippen MR) is 99.0 cm³/mol. The van der Waals surface area contributed by atoms with E-state index in [1.54, 1.807) is 13.1 Å². The van der Waals surface area contributed by atoms with Crippen molar-refractivity contribution in [3.8, 4) is 0 Å². The van der Waals surface area contributed by atoms with Crippen LogP contribution in [0, 0.1) is 5.82 Å². The van der Waals surface area contributed by atoms with E-state index in [9.17, 15) is 4.39 Å². The highest BCUT2D eigenvalue weighted by Crippen LogP contribution is 2.11. The SMILES string of the molecule is CN=C(NCCCn1cnc2ccccc21)NCc1cccc(F)c1. The summed E-state index contributed by atoms with van der Waals surface area (Å²) >= 11 is 0. The van der Waals surface area contributed by atoms with Crippen LogP contribution in [0.5, 0.6) is 0 Å². The fourth-order valence-corrected chi connectivity index (χ4v) is 2.70. The minimum atomic E-state index is -0.227. The van der Waals surface area contributed by atoms with Gasteiger partial charge in [0.15, 0.2) is 5.96 Å². The molecule has 0 saturated carbocycles. The molecule has 0 atom stereocenters. The van der Waals surface area contributed by atoms with Crippen molar-refractivity contribution in [2.24, 2.45) is 4.99 Å². The van der Waals surface area contributed by atoms with E-state index in [1.807, 2.05) is 30.6 Å². The highest BCUT2D eigenvalue weighted by atomic mass is 19.1. The number of nitrogens with one attached hydrogen (secondary N) is 2. The number of aryl methyl sites for hydroxylation is 1. The largest absolute Gasteiger partial charge is 0.356 e. The summed E-state index contributed by atoms with van der Waals surface area (Å²) in [5.74, 6) is 0.481. The molecule has 3 aromatic rings. The van der Waals surface area contributed by atoms with Crippen LogP contribution in [-0.4, -0.2) is 29.1 Å². The van der Waals surface area contributed by atoms with E-state index < -0.39 is 0 Å².